The number of hydrogen-bond acceptors (Lipinski definition) is 6. The zero-order chi connectivity index (χ0) is 26.8. The number of carbonyl (C=O) groups is 1. The van der Waals surface area contributed by atoms with E-state index in [0.717, 1.165) is 24.0 Å². The Hall–Kier alpha value is -4.97. The molecule has 0 bridgehead atoms. The highest BCUT2D eigenvalue weighted by Gasteiger charge is 2.31. The SMILES string of the molecule is C#CCN(c1ccccc1C(=O)NCc1cccc([N+](=O)[O-])c1)[C@H]1CCc2cc3nc(C)[nH]c(=O)c3cc21. The predicted octanol–water partition coefficient (Wildman–Crippen LogP) is 4.20. The summed E-state index contributed by atoms with van der Waals surface area (Å²) in [6, 6.07) is 17.1. The molecule has 2 N–H and O–H groups in total. The second kappa shape index (κ2) is 10.2. The van der Waals surface area contributed by atoms with Crippen molar-refractivity contribution >= 4 is 28.2 Å². The second-order valence-corrected chi connectivity index (χ2v) is 9.23. The number of para-hydroxylation sites is 1. The van der Waals surface area contributed by atoms with Crippen molar-refractivity contribution in [3.05, 3.63) is 109 Å². The predicted molar refractivity (Wildman–Crippen MR) is 145 cm³/mol. The molecule has 0 unspecified atom stereocenters. The van der Waals surface area contributed by atoms with Crippen molar-refractivity contribution in [1.29, 1.82) is 0 Å². The van der Waals surface area contributed by atoms with E-state index in [2.05, 4.69) is 21.2 Å². The van der Waals surface area contributed by atoms with Gasteiger partial charge in [0, 0.05) is 18.7 Å². The average molecular weight is 508 g/mol. The number of amides is 1. The fourth-order valence-corrected chi connectivity index (χ4v) is 5.10. The van der Waals surface area contributed by atoms with Gasteiger partial charge in [0.05, 0.1) is 39.7 Å². The maximum Gasteiger partial charge on any atom is 0.269 e. The summed E-state index contributed by atoms with van der Waals surface area (Å²) in [6.45, 7) is 2.16. The molecule has 1 aromatic heterocycles. The summed E-state index contributed by atoms with van der Waals surface area (Å²) in [5.74, 6) is 2.97. The minimum atomic E-state index is -0.466. The van der Waals surface area contributed by atoms with Crippen LogP contribution in [-0.2, 0) is 13.0 Å². The third-order valence-electron chi connectivity index (χ3n) is 6.80. The van der Waals surface area contributed by atoms with Gasteiger partial charge in [0.25, 0.3) is 17.2 Å². The lowest BCUT2D eigenvalue weighted by atomic mass is 10.0. The van der Waals surface area contributed by atoms with Crippen molar-refractivity contribution in [3.63, 3.8) is 0 Å². The van der Waals surface area contributed by atoms with Crippen LogP contribution in [0, 0.1) is 29.4 Å². The Kier molecular flexibility index (Phi) is 6.62. The van der Waals surface area contributed by atoms with Gasteiger partial charge in [0.1, 0.15) is 5.82 Å². The largest absolute Gasteiger partial charge is 0.353 e. The quantitative estimate of drug-likeness (QED) is 0.220. The van der Waals surface area contributed by atoms with E-state index in [9.17, 15) is 19.7 Å². The van der Waals surface area contributed by atoms with Crippen molar-refractivity contribution < 1.29 is 9.72 Å². The highest BCUT2D eigenvalue weighted by Crippen LogP contribution is 2.40. The van der Waals surface area contributed by atoms with Gasteiger partial charge in [-0.05, 0) is 60.7 Å². The van der Waals surface area contributed by atoms with Crippen molar-refractivity contribution in [2.45, 2.75) is 32.4 Å². The number of nitrogens with one attached hydrogen (secondary N) is 2. The van der Waals surface area contributed by atoms with E-state index in [1.807, 2.05) is 29.2 Å². The van der Waals surface area contributed by atoms with E-state index >= 15 is 0 Å². The smallest absolute Gasteiger partial charge is 0.269 e. The average Bonchev–Trinajstić information content (AvgIpc) is 3.32. The van der Waals surface area contributed by atoms with Gasteiger partial charge < -0.3 is 15.2 Å². The molecule has 1 aliphatic rings. The number of benzene rings is 3. The van der Waals surface area contributed by atoms with Gasteiger partial charge in [0.2, 0.25) is 0 Å². The number of terminal acetylenes is 1. The van der Waals surface area contributed by atoms with E-state index < -0.39 is 4.92 Å². The Bertz CT molecular complexity index is 1670. The molecule has 1 aliphatic carbocycles. The zero-order valence-corrected chi connectivity index (χ0v) is 20.7. The van der Waals surface area contributed by atoms with Crippen LogP contribution in [-0.4, -0.2) is 27.3 Å². The number of aromatic nitrogens is 2. The van der Waals surface area contributed by atoms with Crippen molar-refractivity contribution in [2.24, 2.45) is 0 Å². The first-order chi connectivity index (χ1) is 18.4. The molecule has 9 nitrogen and oxygen atoms in total. The topological polar surface area (TPSA) is 121 Å². The number of rotatable bonds is 7. The number of nitrogens with zero attached hydrogens (tertiary/aromatic N) is 3. The molecule has 0 spiro atoms. The van der Waals surface area contributed by atoms with Crippen LogP contribution < -0.4 is 15.8 Å². The van der Waals surface area contributed by atoms with Crippen LogP contribution in [0.3, 0.4) is 0 Å². The molecule has 0 saturated heterocycles. The van der Waals surface area contributed by atoms with Crippen LogP contribution in [0.25, 0.3) is 10.9 Å². The zero-order valence-electron chi connectivity index (χ0n) is 20.7. The molecule has 5 rings (SSSR count). The van der Waals surface area contributed by atoms with Gasteiger partial charge in [0.15, 0.2) is 0 Å². The lowest BCUT2D eigenvalue weighted by Gasteiger charge is -2.31. The number of carbonyl (C=O) groups excluding carboxylic acids is 1. The number of nitro benzene ring substituents is 1. The highest BCUT2D eigenvalue weighted by molar-refractivity contribution is 6.00. The van der Waals surface area contributed by atoms with E-state index in [0.29, 0.717) is 33.5 Å². The highest BCUT2D eigenvalue weighted by atomic mass is 16.6. The number of H-pyrrole nitrogens is 1. The number of hydrogen-bond donors (Lipinski definition) is 2. The van der Waals surface area contributed by atoms with Crippen LogP contribution in [0.4, 0.5) is 11.4 Å². The minimum Gasteiger partial charge on any atom is -0.353 e. The lowest BCUT2D eigenvalue weighted by molar-refractivity contribution is -0.384. The van der Waals surface area contributed by atoms with Crippen molar-refractivity contribution in [1.82, 2.24) is 15.3 Å². The molecule has 0 radical (unpaired) electrons. The maximum atomic E-state index is 13.3. The Morgan fingerprint density at radius 1 is 1.24 bits per heavy atom. The fraction of sp³-hybridized carbons (Fsp3) is 0.207. The first-order valence-electron chi connectivity index (χ1n) is 12.2. The number of nitro groups is 1. The van der Waals surface area contributed by atoms with E-state index in [-0.39, 0.29) is 36.3 Å². The van der Waals surface area contributed by atoms with Crippen LogP contribution in [0.5, 0.6) is 0 Å². The molecule has 190 valence electrons. The molecule has 1 heterocycles. The Morgan fingerprint density at radius 3 is 2.84 bits per heavy atom. The molecule has 38 heavy (non-hydrogen) atoms. The van der Waals surface area contributed by atoms with Crippen molar-refractivity contribution in [3.8, 4) is 12.3 Å². The molecule has 4 aromatic rings. The van der Waals surface area contributed by atoms with Gasteiger partial charge in [-0.3, -0.25) is 19.7 Å². The lowest BCUT2D eigenvalue weighted by Crippen LogP contribution is -2.31. The summed E-state index contributed by atoms with van der Waals surface area (Å²) in [4.78, 5) is 45.8. The first-order valence-corrected chi connectivity index (χ1v) is 12.2. The fourth-order valence-electron chi connectivity index (χ4n) is 5.10. The van der Waals surface area contributed by atoms with Crippen molar-refractivity contribution in [2.75, 3.05) is 11.4 Å². The van der Waals surface area contributed by atoms with Crippen LogP contribution >= 0.6 is 0 Å². The summed E-state index contributed by atoms with van der Waals surface area (Å²) < 4.78 is 0. The molecule has 1 amide bonds. The Labute approximate surface area is 218 Å². The molecular formula is C29H25N5O4. The van der Waals surface area contributed by atoms with E-state index in [1.54, 1.807) is 31.2 Å². The van der Waals surface area contributed by atoms with Crippen LogP contribution in [0.1, 0.15) is 45.3 Å². The molecule has 0 fully saturated rings. The molecule has 9 heteroatoms. The number of aromatic amines is 1. The summed E-state index contributed by atoms with van der Waals surface area (Å²) in [5.41, 5.74) is 4.28. The molecule has 1 atom stereocenters. The van der Waals surface area contributed by atoms with Gasteiger partial charge in [-0.1, -0.05) is 30.2 Å². The van der Waals surface area contributed by atoms with Gasteiger partial charge in [-0.15, -0.1) is 6.42 Å². The second-order valence-electron chi connectivity index (χ2n) is 9.23. The van der Waals surface area contributed by atoms with Gasteiger partial charge in [-0.25, -0.2) is 4.98 Å². The summed E-state index contributed by atoms with van der Waals surface area (Å²) in [5, 5.41) is 14.5. The third kappa shape index (κ3) is 4.72. The summed E-state index contributed by atoms with van der Waals surface area (Å²) in [6.07, 6.45) is 7.34. The summed E-state index contributed by atoms with van der Waals surface area (Å²) in [7, 11) is 0. The number of anilines is 1. The molecule has 0 aliphatic heterocycles. The van der Waals surface area contributed by atoms with Crippen LogP contribution in [0.2, 0.25) is 0 Å². The number of aryl methyl sites for hydroxylation is 2. The summed E-state index contributed by atoms with van der Waals surface area (Å²) >= 11 is 0. The maximum absolute atomic E-state index is 13.3. The van der Waals surface area contributed by atoms with E-state index in [1.165, 1.54) is 12.1 Å². The monoisotopic (exact) mass is 507 g/mol. The van der Waals surface area contributed by atoms with Gasteiger partial charge >= 0.3 is 0 Å². The first kappa shape index (κ1) is 24.7. The number of fused-ring (bicyclic) bond motifs is 2. The minimum absolute atomic E-state index is 0.0334. The van der Waals surface area contributed by atoms with Gasteiger partial charge in [-0.2, -0.15) is 0 Å². The standard InChI is InChI=1S/C29H25N5O4/c1-3-13-33(27-12-11-20-15-25-24(16-23(20)27)29(36)32-18(2)31-25)26-10-5-4-9-22(26)28(35)30-17-19-7-6-8-21(14-19)34(37)38/h1,4-10,14-16,27H,11-13,17H2,2H3,(H,30,35)(H,31,32,36)/t27-/m0/s1. The molecule has 0 saturated carbocycles. The van der Waals surface area contributed by atoms with E-state index in [4.69, 9.17) is 6.42 Å². The normalized spacial score (nSPS) is 14.1. The molecule has 3 aromatic carbocycles. The Morgan fingerprint density at radius 2 is 2.05 bits per heavy atom. The number of non-ortho nitro benzene ring substituents is 1. The molecular weight excluding hydrogens is 482 g/mol. The third-order valence-corrected chi connectivity index (χ3v) is 6.80. The Balaban J connectivity index is 1.47. The van der Waals surface area contributed by atoms with Crippen LogP contribution in [0.15, 0.2) is 65.5 Å².